The van der Waals surface area contributed by atoms with Gasteiger partial charge >= 0.3 is 0 Å². The number of hydrogen-bond acceptors (Lipinski definition) is 18. The highest BCUT2D eigenvalue weighted by molar-refractivity contribution is 5.99. The Kier molecular flexibility index (Phi) is 43.2. The number of carbonyl (C=O) groups is 11. The van der Waals surface area contributed by atoms with Gasteiger partial charge in [-0.05, 0) is 177 Å². The third kappa shape index (κ3) is 33.3. The molecule has 0 spiro atoms. The van der Waals surface area contributed by atoms with Crippen LogP contribution in [0, 0.1) is 17.8 Å². The van der Waals surface area contributed by atoms with Crippen molar-refractivity contribution in [2.75, 3.05) is 39.3 Å². The third-order valence-corrected chi connectivity index (χ3v) is 16.8. The van der Waals surface area contributed by atoms with Crippen LogP contribution in [0.2, 0.25) is 0 Å². The lowest BCUT2D eigenvalue weighted by Crippen LogP contribution is -2.62. The van der Waals surface area contributed by atoms with Crippen molar-refractivity contribution in [2.24, 2.45) is 63.6 Å². The highest BCUT2D eigenvalue weighted by Crippen LogP contribution is 2.16. The van der Waals surface area contributed by atoms with E-state index < -0.39 is 149 Å². The molecule has 2 aromatic rings. The number of nitrogens with two attached hydrogens (primary N) is 8. The molecule has 0 aromatic heterocycles. The standard InChI is InChI=1S/C69H120N18O11/c1-43(2)56(67(96)82-51(32-16-22-38-73)62(91)83-54(41-46-25-9-7-10-26-46)65(94)80-50(31-15-21-37-72)61(90)78-49(59(77)88)30-14-20-36-71)85-64(93)53(34-18-24-40-75)81-66(95)55(42-47-27-11-8-12-28-47)84-68(97)57(44(3)4)87-69(98)58(45(5)6)86-63(92)52(33-17-23-39-74)79-60(89)48(76)29-13-19-35-70/h7-12,25-28,43-45,48-58H,13-24,29-42,70-76H2,1-6H3,(H2,77,88)(H,78,90)(H,79,89)(H,80,94)(H,81,95)(H,82,96)(H,83,91)(H,84,97)(H,85,93)(H,86,92)(H,87,98)/t48-,49-,50+,51+,52+,53+,54+,55+,56+,57+,58+/m1/s1. The second-order valence-corrected chi connectivity index (χ2v) is 26.2. The predicted octanol–water partition coefficient (Wildman–Crippen LogP) is -1.13. The Hall–Kier alpha value is -7.67. The zero-order valence-electron chi connectivity index (χ0n) is 58.9. The van der Waals surface area contributed by atoms with Gasteiger partial charge in [-0.2, -0.15) is 0 Å². The number of benzene rings is 2. The summed E-state index contributed by atoms with van der Waals surface area (Å²) in [6, 6.07) is 4.48. The van der Waals surface area contributed by atoms with Crippen LogP contribution in [0.4, 0.5) is 0 Å². The van der Waals surface area contributed by atoms with Gasteiger partial charge in [0, 0.05) is 12.8 Å². The minimum absolute atomic E-state index is 0.0383. The molecule has 0 radical (unpaired) electrons. The lowest BCUT2D eigenvalue weighted by molar-refractivity contribution is -0.137. The fourth-order valence-corrected chi connectivity index (χ4v) is 10.8. The van der Waals surface area contributed by atoms with Gasteiger partial charge in [0.2, 0.25) is 65.0 Å². The summed E-state index contributed by atoms with van der Waals surface area (Å²) in [4.78, 5) is 156. The molecule has 0 aliphatic rings. The molecule has 11 atom stereocenters. The van der Waals surface area contributed by atoms with E-state index in [1.165, 1.54) is 0 Å². The van der Waals surface area contributed by atoms with Crippen molar-refractivity contribution in [3.8, 4) is 0 Å². The minimum Gasteiger partial charge on any atom is -0.368 e. The number of amides is 11. The van der Waals surface area contributed by atoms with Crippen LogP contribution < -0.4 is 99.0 Å². The summed E-state index contributed by atoms with van der Waals surface area (Å²) in [7, 11) is 0. The predicted molar refractivity (Wildman–Crippen MR) is 379 cm³/mol. The second-order valence-electron chi connectivity index (χ2n) is 26.2. The van der Waals surface area contributed by atoms with Gasteiger partial charge in [0.05, 0.1) is 6.04 Å². The monoisotopic (exact) mass is 1380 g/mol. The van der Waals surface area contributed by atoms with Crippen molar-refractivity contribution >= 4 is 65.0 Å². The Labute approximate surface area is 579 Å². The average molecular weight is 1380 g/mol. The molecule has 2 aromatic carbocycles. The smallest absolute Gasteiger partial charge is 0.243 e. The zero-order chi connectivity index (χ0) is 73.1. The first-order valence-corrected chi connectivity index (χ1v) is 35.1. The molecular formula is C69H120N18O11. The maximum absolute atomic E-state index is 14.8. The maximum atomic E-state index is 14.8. The Morgan fingerprint density at radius 1 is 0.286 bits per heavy atom. The summed E-state index contributed by atoms with van der Waals surface area (Å²) in [6.07, 6.45) is 6.95. The van der Waals surface area contributed by atoms with Crippen LogP contribution in [0.3, 0.4) is 0 Å². The van der Waals surface area contributed by atoms with Gasteiger partial charge in [-0.15, -0.1) is 0 Å². The fraction of sp³-hybridized carbons (Fsp3) is 0.667. The van der Waals surface area contributed by atoms with Crippen LogP contribution in [0.1, 0.15) is 168 Å². The largest absolute Gasteiger partial charge is 0.368 e. The lowest BCUT2D eigenvalue weighted by atomic mass is 9.98. The van der Waals surface area contributed by atoms with E-state index in [0.29, 0.717) is 121 Å². The van der Waals surface area contributed by atoms with Gasteiger partial charge < -0.3 is 99.0 Å². The van der Waals surface area contributed by atoms with Crippen molar-refractivity contribution < 1.29 is 52.7 Å². The Bertz CT molecular complexity index is 2730. The number of carbonyl (C=O) groups excluding carboxylic acids is 11. The molecule has 0 saturated carbocycles. The van der Waals surface area contributed by atoms with Crippen LogP contribution in [0.15, 0.2) is 60.7 Å². The highest BCUT2D eigenvalue weighted by Gasteiger charge is 2.38. The first-order chi connectivity index (χ1) is 46.8. The lowest BCUT2D eigenvalue weighted by Gasteiger charge is -2.30. The van der Waals surface area contributed by atoms with Gasteiger partial charge in [-0.3, -0.25) is 52.7 Å². The van der Waals surface area contributed by atoms with E-state index in [1.807, 2.05) is 0 Å². The van der Waals surface area contributed by atoms with E-state index in [2.05, 4.69) is 53.2 Å². The van der Waals surface area contributed by atoms with Crippen molar-refractivity contribution in [3.05, 3.63) is 71.8 Å². The quantitative estimate of drug-likeness (QED) is 0.0349. The molecule has 0 heterocycles. The molecule has 26 N–H and O–H groups in total. The molecule has 552 valence electrons. The summed E-state index contributed by atoms with van der Waals surface area (Å²) < 4.78 is 0. The van der Waals surface area contributed by atoms with Crippen LogP contribution in [-0.4, -0.2) is 171 Å². The number of primary amides is 1. The first-order valence-electron chi connectivity index (χ1n) is 35.1. The molecule has 98 heavy (non-hydrogen) atoms. The van der Waals surface area contributed by atoms with E-state index in [0.717, 1.165) is 0 Å². The Morgan fingerprint density at radius 3 is 0.816 bits per heavy atom. The molecule has 0 aliphatic heterocycles. The van der Waals surface area contributed by atoms with Crippen LogP contribution >= 0.6 is 0 Å². The van der Waals surface area contributed by atoms with Crippen molar-refractivity contribution in [1.29, 1.82) is 0 Å². The number of hydrogen-bond donors (Lipinski definition) is 18. The van der Waals surface area contributed by atoms with Gasteiger partial charge in [0.25, 0.3) is 0 Å². The summed E-state index contributed by atoms with van der Waals surface area (Å²) >= 11 is 0. The Morgan fingerprint density at radius 2 is 0.510 bits per heavy atom. The summed E-state index contributed by atoms with van der Waals surface area (Å²) in [5.74, 6) is -9.51. The summed E-state index contributed by atoms with van der Waals surface area (Å²) in [6.45, 7) is 12.2. The van der Waals surface area contributed by atoms with E-state index in [9.17, 15) is 52.7 Å². The van der Waals surface area contributed by atoms with Crippen molar-refractivity contribution in [2.45, 2.75) is 236 Å². The van der Waals surface area contributed by atoms with Crippen molar-refractivity contribution in [3.63, 3.8) is 0 Å². The molecule has 11 amide bonds. The van der Waals surface area contributed by atoms with Crippen LogP contribution in [-0.2, 0) is 65.6 Å². The summed E-state index contributed by atoms with van der Waals surface area (Å²) in [5, 5.41) is 27.9. The molecule has 29 nitrogen and oxygen atoms in total. The molecule has 29 heteroatoms. The second kappa shape index (κ2) is 48.9. The minimum atomic E-state index is -1.34. The highest BCUT2D eigenvalue weighted by atomic mass is 16.2. The Balaban J connectivity index is 2.53. The molecule has 2 rings (SSSR count). The van der Waals surface area contributed by atoms with E-state index >= 15 is 0 Å². The van der Waals surface area contributed by atoms with Gasteiger partial charge in [-0.1, -0.05) is 109 Å². The SMILES string of the molecule is CC(C)[C@H](NC(=O)[C@H](CCCCN)NC(=O)[C@H](Cc1ccccc1)NC(=O)[C@@H](NC(=O)[C@@H](NC(=O)[C@H](CCCCN)NC(=O)[C@H](N)CCCCN)C(C)C)C(C)C)C(=O)N[C@@H](CCCCN)C(=O)N[C@@H](Cc1ccccc1)C(=O)N[C@@H](CCCCN)C(=O)N[C@H](CCCCN)C(N)=O. The zero-order valence-corrected chi connectivity index (χ0v) is 58.9. The fourth-order valence-electron chi connectivity index (χ4n) is 10.8. The molecule has 0 bridgehead atoms. The summed E-state index contributed by atoms with van der Waals surface area (Å²) in [5.41, 5.74) is 47.7. The molecule has 0 fully saturated rings. The van der Waals surface area contributed by atoms with Gasteiger partial charge in [-0.25, -0.2) is 0 Å². The van der Waals surface area contributed by atoms with Gasteiger partial charge in [0.15, 0.2) is 0 Å². The number of unbranched alkanes of at least 4 members (excludes halogenated alkanes) is 6. The van der Waals surface area contributed by atoms with Crippen LogP contribution in [0.25, 0.3) is 0 Å². The molecule has 0 unspecified atom stereocenters. The number of rotatable bonds is 52. The van der Waals surface area contributed by atoms with Crippen molar-refractivity contribution in [1.82, 2.24) is 53.2 Å². The molecule has 0 aliphatic carbocycles. The maximum Gasteiger partial charge on any atom is 0.243 e. The third-order valence-electron chi connectivity index (χ3n) is 16.8. The number of nitrogens with one attached hydrogen (secondary N) is 10. The van der Waals surface area contributed by atoms with E-state index in [1.54, 1.807) is 102 Å². The van der Waals surface area contributed by atoms with E-state index in [4.69, 9.17) is 45.9 Å². The molecule has 0 saturated heterocycles. The first kappa shape index (κ1) is 86.4. The topological polar surface area (TPSA) is 516 Å². The van der Waals surface area contributed by atoms with Crippen LogP contribution in [0.5, 0.6) is 0 Å². The molecular weight excluding hydrogens is 1260 g/mol. The van der Waals surface area contributed by atoms with Gasteiger partial charge in [0.1, 0.15) is 60.4 Å². The van der Waals surface area contributed by atoms with E-state index in [-0.39, 0.29) is 58.0 Å². The normalized spacial score (nSPS) is 14.7. The average Bonchev–Trinajstić information content (AvgIpc) is 0.870.